The lowest BCUT2D eigenvalue weighted by Crippen LogP contribution is -2.25. The van der Waals surface area contributed by atoms with Crippen LogP contribution in [-0.4, -0.2) is 101 Å². The number of imidazole rings is 2. The van der Waals surface area contributed by atoms with Gasteiger partial charge in [0, 0.05) is 49.5 Å². The Hall–Kier alpha value is -6.08. The second-order valence-corrected chi connectivity index (χ2v) is 22.5. The monoisotopic (exact) mass is 1100 g/mol. The first-order valence-corrected chi connectivity index (χ1v) is 30.6. The molecule has 6 heterocycles. The number of ketones is 2. The number of nitrogens with zero attached hydrogens (tertiary/aromatic N) is 7. The highest BCUT2D eigenvalue weighted by Gasteiger charge is 2.24. The first-order chi connectivity index (χ1) is 39.4. The summed E-state index contributed by atoms with van der Waals surface area (Å²) in [5.41, 5.74) is 7.69. The molecule has 0 spiro atoms. The fraction of sp³-hybridized carbons (Fsp3) is 0.613. The number of carbonyl (C=O) groups excluding carboxylic acids is 2. The van der Waals surface area contributed by atoms with Crippen LogP contribution in [0.3, 0.4) is 0 Å². The number of rotatable bonds is 29. The second kappa shape index (κ2) is 31.8. The molecule has 18 heteroatoms. The topological polar surface area (TPSA) is 228 Å². The Bertz CT molecular complexity index is 2780. The third-order valence-electron chi connectivity index (χ3n) is 16.1. The number of aliphatic hydroxyl groups excluding tert-OH is 1. The van der Waals surface area contributed by atoms with Crippen molar-refractivity contribution in [3.8, 4) is 0 Å². The van der Waals surface area contributed by atoms with Gasteiger partial charge in [-0.05, 0) is 138 Å². The third-order valence-corrected chi connectivity index (χ3v) is 16.1. The molecule has 2 aliphatic carbocycles. The molecule has 2 atom stereocenters. The lowest BCUT2D eigenvalue weighted by atomic mass is 9.95. The lowest BCUT2D eigenvalue weighted by molar-refractivity contribution is -0.169. The largest absolute Gasteiger partial charge is 0.389 e. The molecule has 2 aromatic carbocycles. The molecular weight excluding hydrogens is 1010 g/mol. The number of anilines is 6. The standard InChI is InChI=1S/C36H52N6O4.C26H36N6O2/c43-30(25-46-32-18-10-12-24-45-32)16-8-3-1-2-5-13-27-19-21-29(22-20-27)39-36-40-34(38-28-14-6-4-7-15-28)33-35(41-36)42(26-37-33)31-17-9-11-23-44-31;33-17-22(34)12-8-3-1-2-5-9-19-13-15-21(16-14-19)30-26-31-24-23(27-18-28-24)25(32-26)29-20-10-6-4-7-11-20/h19-22,26,28,31-32H,1-18,23-25H2,(H2,38,39,40,41);13-16,18,20,33H,1-12,17H2,(H3,27,28,29,30,31,32). The number of ether oxygens (including phenoxy) is 3. The molecule has 6 N–H and O–H groups in total. The van der Waals surface area contributed by atoms with Crippen LogP contribution in [0.1, 0.15) is 197 Å². The van der Waals surface area contributed by atoms with E-state index < -0.39 is 0 Å². The number of hydrogen-bond acceptors (Lipinski definition) is 16. The first kappa shape index (κ1) is 58.6. The number of aliphatic hydroxyl groups is 1. The van der Waals surface area contributed by atoms with Gasteiger partial charge in [0.1, 0.15) is 25.0 Å². The van der Waals surface area contributed by atoms with E-state index in [2.05, 4.69) is 89.3 Å². The SMILES string of the molecule is O=C(CCCCCCCc1ccc(Nc2nc(NC3CCCCC3)c3ncn(C4CCCCO4)c3n2)cc1)COC1CCCCO1.O=C(CO)CCCCCCCc1ccc(Nc2nc(NC3CCCCC3)c3[nH]cnc3n2)cc1. The number of nitrogens with one attached hydrogen (secondary N) is 5. The molecule has 2 aliphatic heterocycles. The van der Waals surface area contributed by atoms with Crippen LogP contribution in [0.15, 0.2) is 61.2 Å². The minimum Gasteiger partial charge on any atom is -0.389 e. The molecule has 0 bridgehead atoms. The number of aryl methyl sites for hydroxylation is 2. The summed E-state index contributed by atoms with van der Waals surface area (Å²) in [5, 5.41) is 22.8. The zero-order valence-electron chi connectivity index (χ0n) is 47.2. The minimum absolute atomic E-state index is 0.0353. The smallest absolute Gasteiger partial charge is 0.231 e. The van der Waals surface area contributed by atoms with E-state index in [1.54, 1.807) is 6.33 Å². The highest BCUT2D eigenvalue weighted by Crippen LogP contribution is 2.32. The maximum atomic E-state index is 12.1. The van der Waals surface area contributed by atoms with Gasteiger partial charge in [-0.3, -0.25) is 14.2 Å². The summed E-state index contributed by atoms with van der Waals surface area (Å²) in [6, 6.07) is 17.9. The Morgan fingerprint density at radius 2 is 1.14 bits per heavy atom. The van der Waals surface area contributed by atoms with E-state index in [1.807, 2.05) is 6.33 Å². The van der Waals surface area contributed by atoms with Gasteiger partial charge in [0.25, 0.3) is 0 Å². The summed E-state index contributed by atoms with van der Waals surface area (Å²) in [4.78, 5) is 54.6. The molecule has 2 saturated carbocycles. The number of carbonyl (C=O) groups is 2. The average molecular weight is 1100 g/mol. The van der Waals surface area contributed by atoms with Gasteiger partial charge in [-0.25, -0.2) is 9.97 Å². The van der Waals surface area contributed by atoms with E-state index in [0.29, 0.717) is 42.5 Å². The van der Waals surface area contributed by atoms with Crippen molar-refractivity contribution >= 4 is 68.8 Å². The van der Waals surface area contributed by atoms with Crippen molar-refractivity contribution in [1.82, 2.24) is 39.5 Å². The highest BCUT2D eigenvalue weighted by atomic mass is 16.7. The maximum absolute atomic E-state index is 12.1. The molecule has 0 amide bonds. The van der Waals surface area contributed by atoms with Crippen molar-refractivity contribution in [2.75, 3.05) is 47.7 Å². The van der Waals surface area contributed by atoms with E-state index in [1.165, 1.54) is 68.9 Å². The van der Waals surface area contributed by atoms with Crippen LogP contribution in [-0.2, 0) is 36.6 Å². The Morgan fingerprint density at radius 1 is 0.588 bits per heavy atom. The molecule has 4 aliphatic rings. The first-order valence-electron chi connectivity index (χ1n) is 30.6. The number of Topliss-reactive ketones (excluding diaryl/α,β-unsaturated/α-hetero) is 2. The fourth-order valence-electron chi connectivity index (χ4n) is 11.4. The number of fused-ring (bicyclic) bond motifs is 2. The predicted molar refractivity (Wildman–Crippen MR) is 316 cm³/mol. The van der Waals surface area contributed by atoms with Crippen molar-refractivity contribution < 1.29 is 28.9 Å². The van der Waals surface area contributed by atoms with Crippen LogP contribution in [0.5, 0.6) is 0 Å². The molecule has 432 valence electrons. The number of H-pyrrole nitrogens is 1. The number of aromatic amines is 1. The summed E-state index contributed by atoms with van der Waals surface area (Å²) >= 11 is 0. The van der Waals surface area contributed by atoms with Crippen molar-refractivity contribution in [1.29, 1.82) is 0 Å². The van der Waals surface area contributed by atoms with Crippen molar-refractivity contribution in [2.45, 2.75) is 217 Å². The number of benzene rings is 2. The number of unbranched alkanes of at least 4 members (excludes halogenated alkanes) is 8. The second-order valence-electron chi connectivity index (χ2n) is 22.5. The van der Waals surface area contributed by atoms with E-state index in [4.69, 9.17) is 39.3 Å². The molecule has 4 aromatic heterocycles. The van der Waals surface area contributed by atoms with Crippen LogP contribution in [0, 0.1) is 0 Å². The molecule has 18 nitrogen and oxygen atoms in total. The van der Waals surface area contributed by atoms with Crippen molar-refractivity contribution in [3.63, 3.8) is 0 Å². The molecule has 4 fully saturated rings. The number of hydrogen-bond donors (Lipinski definition) is 6. The Labute approximate surface area is 472 Å². The zero-order chi connectivity index (χ0) is 55.0. The van der Waals surface area contributed by atoms with Gasteiger partial charge in [0.2, 0.25) is 11.9 Å². The summed E-state index contributed by atoms with van der Waals surface area (Å²) < 4.78 is 19.3. The minimum atomic E-state index is -0.326. The number of aromatic nitrogens is 8. The van der Waals surface area contributed by atoms with Crippen LogP contribution in [0.2, 0.25) is 0 Å². The van der Waals surface area contributed by atoms with E-state index in [9.17, 15) is 9.59 Å². The lowest BCUT2D eigenvalue weighted by Gasteiger charge is -2.25. The van der Waals surface area contributed by atoms with Gasteiger partial charge < -0.3 is 45.6 Å². The molecule has 2 saturated heterocycles. The van der Waals surface area contributed by atoms with Crippen molar-refractivity contribution in [2.24, 2.45) is 0 Å². The van der Waals surface area contributed by atoms with E-state index in [-0.39, 0.29) is 37.3 Å². The average Bonchev–Trinajstić information content (AvgIpc) is 4.24. The van der Waals surface area contributed by atoms with Crippen molar-refractivity contribution in [3.05, 3.63) is 72.3 Å². The van der Waals surface area contributed by atoms with Crippen LogP contribution >= 0.6 is 0 Å². The Kier molecular flexibility index (Phi) is 23.3. The Morgan fingerprint density at radius 3 is 1.74 bits per heavy atom. The summed E-state index contributed by atoms with van der Waals surface area (Å²) in [5.74, 6) is 2.87. The summed E-state index contributed by atoms with van der Waals surface area (Å²) in [6.07, 6.45) is 36.0. The molecule has 10 rings (SSSR count). The van der Waals surface area contributed by atoms with E-state index in [0.717, 1.165) is 175 Å². The van der Waals surface area contributed by atoms with Gasteiger partial charge in [0.05, 0.1) is 12.7 Å². The molecule has 80 heavy (non-hydrogen) atoms. The maximum Gasteiger partial charge on any atom is 0.231 e. The zero-order valence-corrected chi connectivity index (χ0v) is 47.2. The van der Waals surface area contributed by atoms with Gasteiger partial charge in [-0.15, -0.1) is 0 Å². The highest BCUT2D eigenvalue weighted by molar-refractivity contribution is 5.86. The normalized spacial score (nSPS) is 18.2. The quantitative estimate of drug-likeness (QED) is 0.0240. The Balaban J connectivity index is 0.000000203. The molecule has 0 radical (unpaired) electrons. The van der Waals surface area contributed by atoms with Gasteiger partial charge >= 0.3 is 0 Å². The molecule has 6 aromatic rings. The third kappa shape index (κ3) is 18.5. The summed E-state index contributed by atoms with van der Waals surface area (Å²) in [6.45, 7) is 1.38. The van der Waals surface area contributed by atoms with Gasteiger partial charge in [-0.1, -0.05) is 101 Å². The van der Waals surface area contributed by atoms with E-state index >= 15 is 0 Å². The summed E-state index contributed by atoms with van der Waals surface area (Å²) in [7, 11) is 0. The molecular formula is C62H88N12O6. The fourth-order valence-corrected chi connectivity index (χ4v) is 11.4. The van der Waals surface area contributed by atoms with Gasteiger partial charge in [0.15, 0.2) is 46.3 Å². The van der Waals surface area contributed by atoms with Crippen LogP contribution in [0.4, 0.5) is 34.9 Å². The predicted octanol–water partition coefficient (Wildman–Crippen LogP) is 13.3. The van der Waals surface area contributed by atoms with Crippen LogP contribution < -0.4 is 21.3 Å². The molecule has 2 unspecified atom stereocenters. The van der Waals surface area contributed by atoms with Gasteiger partial charge in [-0.2, -0.15) is 19.9 Å². The van der Waals surface area contributed by atoms with Crippen LogP contribution in [0.25, 0.3) is 22.3 Å².